The smallest absolute Gasteiger partial charge is 0.0543 e. The van der Waals surface area contributed by atoms with Crippen LogP contribution >= 0.6 is 0 Å². The highest BCUT2D eigenvalue weighted by molar-refractivity contribution is 5.25. The van der Waals surface area contributed by atoms with Crippen LogP contribution in [0.1, 0.15) is 165 Å². The third-order valence-corrected chi connectivity index (χ3v) is 18.6. The van der Waals surface area contributed by atoms with Gasteiger partial charge >= 0.3 is 0 Å². The van der Waals surface area contributed by atoms with E-state index in [0.29, 0.717) is 27.7 Å². The summed E-state index contributed by atoms with van der Waals surface area (Å²) in [5.74, 6) is 10.1. The number of aliphatic hydroxyl groups excluding tert-OH is 1. The van der Waals surface area contributed by atoms with Gasteiger partial charge in [-0.1, -0.05) is 60.1 Å². The Bertz CT molecular complexity index is 1140. The number of hydrogen-bond donors (Lipinski definition) is 2. The molecule has 16 atom stereocenters. The van der Waals surface area contributed by atoms with Crippen molar-refractivity contribution in [2.45, 2.75) is 177 Å². The van der Waals surface area contributed by atoms with Crippen molar-refractivity contribution < 1.29 is 5.11 Å². The molecule has 0 heterocycles. The standard InChI is InChI=1S/C23H38.C21H37NO/c1-15(2)19-8-9-20-18-7-6-17-14-16(3)10-12-22(17,4)21(18)11-13-23(19,20)5;1-13(22)17-6-7-18-16-5-4-14-12-15(23)8-10-20(14,2)19(16)9-11-21(17,18)3/h6,15-16,18-21H,7-14H2,1-5H3;13-19,23H,4-12,22H2,1-3H3/t16-,18-,19+,20-,21-,22-,23+;13?,14-,15-,16-,17+,18-,19-,20-,21+/m00/s1. The molecule has 0 bridgehead atoms. The molecule has 7 fully saturated rings. The summed E-state index contributed by atoms with van der Waals surface area (Å²) in [4.78, 5) is 0. The van der Waals surface area contributed by atoms with Crippen LogP contribution in [0, 0.1) is 86.8 Å². The number of hydrogen-bond acceptors (Lipinski definition) is 2. The second kappa shape index (κ2) is 12.2. The average molecular weight is 634 g/mol. The van der Waals surface area contributed by atoms with E-state index in [2.05, 4.69) is 61.5 Å². The number of fused-ring (bicyclic) bond motifs is 10. The normalized spacial score (nSPS) is 54.9. The molecule has 46 heavy (non-hydrogen) atoms. The van der Waals surface area contributed by atoms with Crippen LogP contribution in [-0.4, -0.2) is 17.3 Å². The van der Waals surface area contributed by atoms with Crippen molar-refractivity contribution in [3.05, 3.63) is 11.6 Å². The largest absolute Gasteiger partial charge is 0.393 e. The summed E-state index contributed by atoms with van der Waals surface area (Å²) in [5, 5.41) is 10.1. The first-order valence-corrected chi connectivity index (χ1v) is 20.9. The molecule has 0 radical (unpaired) electrons. The van der Waals surface area contributed by atoms with Crippen molar-refractivity contribution in [3.63, 3.8) is 0 Å². The molecule has 2 nitrogen and oxygen atoms in total. The Morgan fingerprint density at radius 1 is 0.674 bits per heavy atom. The molecule has 8 rings (SSSR count). The highest BCUT2D eigenvalue weighted by atomic mass is 16.3. The van der Waals surface area contributed by atoms with Crippen LogP contribution in [0.2, 0.25) is 0 Å². The molecule has 8 aliphatic rings. The Balaban J connectivity index is 0.000000147. The van der Waals surface area contributed by atoms with Crippen molar-refractivity contribution in [3.8, 4) is 0 Å². The maximum absolute atomic E-state index is 10.1. The van der Waals surface area contributed by atoms with Crippen LogP contribution in [0.3, 0.4) is 0 Å². The number of aliphatic hydroxyl groups is 1. The van der Waals surface area contributed by atoms with Gasteiger partial charge in [0.1, 0.15) is 0 Å². The zero-order valence-corrected chi connectivity index (χ0v) is 31.6. The van der Waals surface area contributed by atoms with E-state index < -0.39 is 0 Å². The summed E-state index contributed by atoms with van der Waals surface area (Å²) < 4.78 is 0. The van der Waals surface area contributed by atoms with Crippen LogP contribution in [0.4, 0.5) is 0 Å². The second-order valence-corrected chi connectivity index (χ2v) is 20.8. The van der Waals surface area contributed by atoms with Gasteiger partial charge in [0.15, 0.2) is 0 Å². The van der Waals surface area contributed by atoms with E-state index in [4.69, 9.17) is 5.73 Å². The van der Waals surface area contributed by atoms with Crippen LogP contribution in [0.25, 0.3) is 0 Å². The van der Waals surface area contributed by atoms with Gasteiger partial charge in [-0.15, -0.1) is 0 Å². The van der Waals surface area contributed by atoms with Crippen LogP contribution in [0.5, 0.6) is 0 Å². The minimum Gasteiger partial charge on any atom is -0.393 e. The van der Waals surface area contributed by atoms with Gasteiger partial charge in [-0.3, -0.25) is 0 Å². The van der Waals surface area contributed by atoms with E-state index in [1.54, 1.807) is 0 Å². The molecule has 0 spiro atoms. The van der Waals surface area contributed by atoms with Crippen LogP contribution in [0.15, 0.2) is 11.6 Å². The van der Waals surface area contributed by atoms with Gasteiger partial charge in [-0.05, 0) is 203 Å². The summed E-state index contributed by atoms with van der Waals surface area (Å²) >= 11 is 0. The SMILES string of the molecule is CC(C)[C@H]1CC[C@H]2[C@@H]3CC=C4C[C@@H](C)CC[C@]4(C)[C@H]3CC[C@]12C.CC(N)[C@H]1CC[C@H]2[C@@H]3CC[C@H]4C[C@@H](O)CC[C@]4(C)[C@H]3CC[C@]12C. The predicted octanol–water partition coefficient (Wildman–Crippen LogP) is 11.2. The van der Waals surface area contributed by atoms with Crippen molar-refractivity contribution in [1.29, 1.82) is 0 Å². The van der Waals surface area contributed by atoms with E-state index in [-0.39, 0.29) is 6.10 Å². The van der Waals surface area contributed by atoms with Gasteiger partial charge in [0, 0.05) is 6.04 Å². The molecule has 7 saturated carbocycles. The van der Waals surface area contributed by atoms with E-state index in [9.17, 15) is 5.11 Å². The number of rotatable bonds is 2. The van der Waals surface area contributed by atoms with Crippen molar-refractivity contribution in [1.82, 2.24) is 0 Å². The van der Waals surface area contributed by atoms with E-state index in [0.717, 1.165) is 77.9 Å². The first-order valence-electron chi connectivity index (χ1n) is 20.9. The lowest BCUT2D eigenvalue weighted by Crippen LogP contribution is -2.54. The topological polar surface area (TPSA) is 46.2 Å². The molecule has 1 unspecified atom stereocenters. The van der Waals surface area contributed by atoms with Gasteiger partial charge in [-0.2, -0.15) is 0 Å². The lowest BCUT2D eigenvalue weighted by atomic mass is 9.44. The summed E-state index contributed by atoms with van der Waals surface area (Å²) in [7, 11) is 0. The lowest BCUT2D eigenvalue weighted by Gasteiger charge is -2.61. The molecule has 2 heteroatoms. The van der Waals surface area contributed by atoms with Gasteiger partial charge in [0.2, 0.25) is 0 Å². The molecule has 0 aliphatic heterocycles. The fourth-order valence-corrected chi connectivity index (χ4v) is 16.1. The van der Waals surface area contributed by atoms with Crippen LogP contribution in [-0.2, 0) is 0 Å². The number of nitrogens with two attached hydrogens (primary N) is 1. The lowest BCUT2D eigenvalue weighted by molar-refractivity contribution is -0.127. The predicted molar refractivity (Wildman–Crippen MR) is 194 cm³/mol. The first-order chi connectivity index (χ1) is 21.7. The summed E-state index contributed by atoms with van der Waals surface area (Å²) in [6.07, 6.45) is 26.3. The molecule has 0 aromatic carbocycles. The van der Waals surface area contributed by atoms with Gasteiger partial charge in [0.25, 0.3) is 0 Å². The fraction of sp³-hybridized carbons (Fsp3) is 0.955. The average Bonchev–Trinajstić information content (AvgIpc) is 3.55. The molecule has 262 valence electrons. The van der Waals surface area contributed by atoms with E-state index in [1.807, 2.05) is 5.57 Å². The van der Waals surface area contributed by atoms with Gasteiger partial charge in [0.05, 0.1) is 6.10 Å². The fourth-order valence-electron chi connectivity index (χ4n) is 16.1. The monoisotopic (exact) mass is 634 g/mol. The molecule has 3 N–H and O–H groups in total. The van der Waals surface area contributed by atoms with Crippen molar-refractivity contribution in [2.75, 3.05) is 0 Å². The highest BCUT2D eigenvalue weighted by Crippen LogP contribution is 2.69. The Morgan fingerprint density at radius 2 is 1.28 bits per heavy atom. The van der Waals surface area contributed by atoms with E-state index in [1.165, 1.54) is 96.3 Å². The minimum absolute atomic E-state index is 0.0209. The number of allylic oxidation sites excluding steroid dienone is 2. The first kappa shape index (κ1) is 34.1. The third-order valence-electron chi connectivity index (χ3n) is 18.6. The Kier molecular flexibility index (Phi) is 9.02. The molecule has 0 aromatic heterocycles. The molecule has 0 saturated heterocycles. The Morgan fingerprint density at radius 3 is 1.98 bits per heavy atom. The Hall–Kier alpha value is -0.340. The minimum atomic E-state index is -0.0209. The summed E-state index contributed by atoms with van der Waals surface area (Å²) in [6.45, 7) is 20.2. The Labute approximate surface area is 285 Å². The maximum Gasteiger partial charge on any atom is 0.0543 e. The quantitative estimate of drug-likeness (QED) is 0.297. The van der Waals surface area contributed by atoms with E-state index >= 15 is 0 Å². The zero-order chi connectivity index (χ0) is 32.8. The molecule has 8 aliphatic carbocycles. The van der Waals surface area contributed by atoms with Crippen LogP contribution < -0.4 is 5.73 Å². The van der Waals surface area contributed by atoms with Gasteiger partial charge < -0.3 is 10.8 Å². The molecular weight excluding hydrogens is 558 g/mol. The third kappa shape index (κ3) is 5.20. The van der Waals surface area contributed by atoms with Crippen molar-refractivity contribution in [2.24, 2.45) is 92.5 Å². The summed E-state index contributed by atoms with van der Waals surface area (Å²) in [5.41, 5.74) is 10.5. The molecule has 0 amide bonds. The molecular formula is C44H75NO. The summed E-state index contributed by atoms with van der Waals surface area (Å²) in [6, 6.07) is 0.360. The maximum atomic E-state index is 10.1. The van der Waals surface area contributed by atoms with Crippen molar-refractivity contribution >= 4 is 0 Å². The zero-order valence-electron chi connectivity index (χ0n) is 31.6. The second-order valence-electron chi connectivity index (χ2n) is 20.8. The molecule has 0 aromatic rings. The highest BCUT2D eigenvalue weighted by Gasteiger charge is 2.61. The van der Waals surface area contributed by atoms with Gasteiger partial charge in [-0.25, -0.2) is 0 Å².